The van der Waals surface area contributed by atoms with Crippen molar-refractivity contribution in [2.75, 3.05) is 0 Å². The summed E-state index contributed by atoms with van der Waals surface area (Å²) in [5.74, 6) is -1.34. The third-order valence-electron chi connectivity index (χ3n) is 1.67. The average Bonchev–Trinajstić information content (AvgIpc) is 2.07. The Morgan fingerprint density at radius 3 is 2.85 bits per heavy atom. The molecule has 4 heteroatoms. The quantitative estimate of drug-likeness (QED) is 0.508. The zero-order valence-electron chi connectivity index (χ0n) is 6.75. The smallest absolute Gasteiger partial charge is 0.108 e. The summed E-state index contributed by atoms with van der Waals surface area (Å²) >= 11 is 0. The number of hydrogen-bond acceptors (Lipinski definition) is 4. The van der Waals surface area contributed by atoms with Crippen molar-refractivity contribution >= 4 is 5.97 Å². The van der Waals surface area contributed by atoms with Gasteiger partial charge in [0.25, 0.3) is 0 Å². The molecule has 4 nitrogen and oxygen atoms in total. The molecule has 0 saturated heterocycles. The molecule has 1 aliphatic rings. The molecule has 0 aromatic heterocycles. The fourth-order valence-corrected chi connectivity index (χ4v) is 1.000. The molecule has 0 unspecified atom stereocenters. The van der Waals surface area contributed by atoms with Gasteiger partial charge in [0, 0.05) is 0 Å². The lowest BCUT2D eigenvalue weighted by molar-refractivity contribution is -0.297. The lowest BCUT2D eigenvalue weighted by Crippen LogP contribution is -2.27. The Kier molecular flexibility index (Phi) is 3.00. The van der Waals surface area contributed by atoms with Crippen molar-refractivity contribution in [3.63, 3.8) is 0 Å². The predicted octanol–water partition coefficient (Wildman–Crippen LogP) is -1.49. The van der Waals surface area contributed by atoms with Gasteiger partial charge in [0.15, 0.2) is 0 Å². The number of carboxylic acids is 1. The van der Waals surface area contributed by atoms with E-state index in [1.165, 1.54) is 18.2 Å². The summed E-state index contributed by atoms with van der Waals surface area (Å²) in [7, 11) is 0. The number of aliphatic hydroxyl groups is 2. The van der Waals surface area contributed by atoms with Gasteiger partial charge in [-0.1, -0.05) is 24.3 Å². The van der Waals surface area contributed by atoms with E-state index in [0.717, 1.165) is 6.08 Å². The molecule has 0 radical (unpaired) electrons. The normalized spacial score (nSPS) is 27.7. The van der Waals surface area contributed by atoms with Crippen molar-refractivity contribution < 1.29 is 20.1 Å². The fourth-order valence-electron chi connectivity index (χ4n) is 1.000. The topological polar surface area (TPSA) is 80.6 Å². The van der Waals surface area contributed by atoms with Crippen LogP contribution in [0.25, 0.3) is 0 Å². The molecule has 0 aromatic rings. The highest BCUT2D eigenvalue weighted by Crippen LogP contribution is 2.14. The van der Waals surface area contributed by atoms with Crippen molar-refractivity contribution in [1.29, 1.82) is 0 Å². The second kappa shape index (κ2) is 4.02. The van der Waals surface area contributed by atoms with Gasteiger partial charge in [-0.3, -0.25) is 0 Å². The van der Waals surface area contributed by atoms with Crippen LogP contribution in [-0.2, 0) is 4.79 Å². The summed E-state index contributed by atoms with van der Waals surface area (Å²) in [5, 5.41) is 28.5. The lowest BCUT2D eigenvalue weighted by atomic mass is 9.99. The van der Waals surface area contributed by atoms with Crippen LogP contribution in [0.15, 0.2) is 36.0 Å². The van der Waals surface area contributed by atoms with Gasteiger partial charge in [-0.05, 0) is 11.6 Å². The van der Waals surface area contributed by atoms with Crippen molar-refractivity contribution in [3.8, 4) is 0 Å². The Bertz CT molecular complexity index is 288. The molecule has 0 amide bonds. The van der Waals surface area contributed by atoms with Gasteiger partial charge in [-0.2, -0.15) is 0 Å². The molecule has 0 aromatic carbocycles. The minimum absolute atomic E-state index is 0.346. The van der Waals surface area contributed by atoms with Crippen LogP contribution >= 0.6 is 0 Å². The first kappa shape index (κ1) is 9.70. The number of aliphatic carboxylic acids is 1. The number of carboxylic acid groups (broad SMARTS) is 1. The Morgan fingerprint density at radius 2 is 2.23 bits per heavy atom. The van der Waals surface area contributed by atoms with E-state index in [0.29, 0.717) is 5.57 Å². The number of rotatable bonds is 2. The van der Waals surface area contributed by atoms with Crippen molar-refractivity contribution in [1.82, 2.24) is 0 Å². The summed E-state index contributed by atoms with van der Waals surface area (Å²) in [6.07, 6.45) is 4.45. The molecule has 1 aliphatic carbocycles. The van der Waals surface area contributed by atoms with Crippen LogP contribution in [0.3, 0.4) is 0 Å². The van der Waals surface area contributed by atoms with Gasteiger partial charge in [-0.15, -0.1) is 0 Å². The summed E-state index contributed by atoms with van der Waals surface area (Å²) < 4.78 is 0. The van der Waals surface area contributed by atoms with Gasteiger partial charge in [-0.25, -0.2) is 0 Å². The zero-order valence-corrected chi connectivity index (χ0v) is 6.75. The molecule has 0 aliphatic heterocycles. The third-order valence-corrected chi connectivity index (χ3v) is 1.67. The van der Waals surface area contributed by atoms with Crippen LogP contribution in [0.4, 0.5) is 0 Å². The molecule has 2 N–H and O–H groups in total. The van der Waals surface area contributed by atoms with Crippen LogP contribution in [0.1, 0.15) is 0 Å². The van der Waals surface area contributed by atoms with E-state index < -0.39 is 18.2 Å². The number of carbonyl (C=O) groups excluding carboxylic acids is 1. The molecule has 2 atom stereocenters. The van der Waals surface area contributed by atoms with Crippen molar-refractivity contribution in [2.24, 2.45) is 0 Å². The first-order valence-electron chi connectivity index (χ1n) is 3.75. The monoisotopic (exact) mass is 181 g/mol. The van der Waals surface area contributed by atoms with E-state index in [1.807, 2.05) is 0 Å². The Balaban J connectivity index is 2.74. The first-order valence-corrected chi connectivity index (χ1v) is 3.75. The highest BCUT2D eigenvalue weighted by molar-refractivity contribution is 5.78. The van der Waals surface area contributed by atoms with Crippen LogP contribution in [0.2, 0.25) is 0 Å². The summed E-state index contributed by atoms with van der Waals surface area (Å²) in [6, 6.07) is 0. The van der Waals surface area contributed by atoms with E-state index in [1.54, 1.807) is 6.08 Å². The summed E-state index contributed by atoms with van der Waals surface area (Å²) in [6.45, 7) is 0. The molecule has 0 saturated carbocycles. The molecule has 0 fully saturated rings. The van der Waals surface area contributed by atoms with E-state index >= 15 is 0 Å². The Hall–Kier alpha value is -1.39. The Morgan fingerprint density at radius 1 is 1.54 bits per heavy atom. The van der Waals surface area contributed by atoms with Crippen LogP contribution in [0, 0.1) is 0 Å². The standard InChI is InChI=1S/C9H10O4/c10-7-3-1-2-6(9(7)13)4-5-8(11)12/h1-5,7,9-10,13H,(H,11,12)/p-1/t7-,9+/m0/s1. The maximum atomic E-state index is 10.0. The maximum Gasteiger partial charge on any atom is 0.108 e. The number of hydrogen-bond donors (Lipinski definition) is 2. The molecule has 0 bridgehead atoms. The van der Waals surface area contributed by atoms with Gasteiger partial charge in [0.2, 0.25) is 0 Å². The molecule has 13 heavy (non-hydrogen) atoms. The maximum absolute atomic E-state index is 10.0. The molecular weight excluding hydrogens is 172 g/mol. The fraction of sp³-hybridized carbons (Fsp3) is 0.222. The third kappa shape index (κ3) is 2.54. The van der Waals surface area contributed by atoms with Gasteiger partial charge < -0.3 is 20.1 Å². The predicted molar refractivity (Wildman–Crippen MR) is 43.4 cm³/mol. The number of aliphatic hydroxyl groups excluding tert-OH is 2. The largest absolute Gasteiger partial charge is 0.545 e. The number of carbonyl (C=O) groups is 1. The highest BCUT2D eigenvalue weighted by Gasteiger charge is 2.18. The SMILES string of the molecule is O=C([O-])C=CC1=CC=C[C@H](O)[C@@H]1O. The molecular formula is C9H9O4-. The van der Waals surface area contributed by atoms with Crippen LogP contribution in [-0.4, -0.2) is 28.4 Å². The van der Waals surface area contributed by atoms with Crippen LogP contribution in [0.5, 0.6) is 0 Å². The minimum Gasteiger partial charge on any atom is -0.545 e. The summed E-state index contributed by atoms with van der Waals surface area (Å²) in [5.41, 5.74) is 0.346. The Labute approximate surface area is 75.1 Å². The van der Waals surface area contributed by atoms with E-state index in [4.69, 9.17) is 5.11 Å². The van der Waals surface area contributed by atoms with E-state index in [2.05, 4.69) is 0 Å². The molecule has 0 spiro atoms. The highest BCUT2D eigenvalue weighted by atomic mass is 16.4. The molecule has 1 rings (SSSR count). The average molecular weight is 181 g/mol. The van der Waals surface area contributed by atoms with E-state index in [-0.39, 0.29) is 0 Å². The van der Waals surface area contributed by atoms with Crippen molar-refractivity contribution in [2.45, 2.75) is 12.2 Å². The van der Waals surface area contributed by atoms with Gasteiger partial charge in [0.05, 0.1) is 5.97 Å². The van der Waals surface area contributed by atoms with Crippen molar-refractivity contribution in [3.05, 3.63) is 36.0 Å². The second-order valence-electron chi connectivity index (χ2n) is 2.64. The lowest BCUT2D eigenvalue weighted by Gasteiger charge is -2.18. The minimum atomic E-state index is -1.34. The van der Waals surface area contributed by atoms with Gasteiger partial charge >= 0.3 is 0 Å². The first-order chi connectivity index (χ1) is 6.11. The van der Waals surface area contributed by atoms with Gasteiger partial charge in [0.1, 0.15) is 12.2 Å². The van der Waals surface area contributed by atoms with E-state index in [9.17, 15) is 15.0 Å². The second-order valence-corrected chi connectivity index (χ2v) is 2.64. The summed E-state index contributed by atoms with van der Waals surface area (Å²) in [4.78, 5) is 10.0. The molecule has 0 heterocycles. The van der Waals surface area contributed by atoms with Crippen LogP contribution < -0.4 is 5.11 Å². The number of allylic oxidation sites excluding steroid dienone is 2. The zero-order chi connectivity index (χ0) is 9.84. The molecule has 70 valence electrons.